The van der Waals surface area contributed by atoms with E-state index >= 15 is 4.39 Å². The van der Waals surface area contributed by atoms with Gasteiger partial charge in [-0.1, -0.05) is 68.8 Å². The molecule has 17 heteroatoms. The lowest BCUT2D eigenvalue weighted by Gasteiger charge is -2.35. The molecule has 0 saturated carbocycles. The minimum Gasteiger partial charge on any atom is -0.494 e. The number of oxazole rings is 1. The predicted molar refractivity (Wildman–Crippen MR) is 260 cm³/mol. The number of nitrogens with one attached hydrogen (secondary N) is 2. The van der Waals surface area contributed by atoms with Gasteiger partial charge in [0.15, 0.2) is 17.3 Å². The Kier molecular flexibility index (Phi) is 15.3. The van der Waals surface area contributed by atoms with Crippen LogP contribution in [0.1, 0.15) is 71.4 Å². The molecule has 2 N–H and O–H groups in total. The van der Waals surface area contributed by atoms with E-state index in [1.807, 2.05) is 51.1 Å². The highest BCUT2D eigenvalue weighted by molar-refractivity contribution is 7.81. The summed E-state index contributed by atoms with van der Waals surface area (Å²) in [6.45, 7) is 10.2. The average Bonchev–Trinajstić information content (AvgIpc) is 4.07. The van der Waals surface area contributed by atoms with Crippen molar-refractivity contribution in [3.63, 3.8) is 0 Å². The Bertz CT molecular complexity index is 2700. The van der Waals surface area contributed by atoms with E-state index in [9.17, 15) is 24.4 Å². The Balaban J connectivity index is 0.835. The first kappa shape index (κ1) is 49.2. The first-order valence-electron chi connectivity index (χ1n) is 22.3. The van der Waals surface area contributed by atoms with E-state index < -0.39 is 34.8 Å². The zero-order chi connectivity index (χ0) is 48.8. The number of nitrogens with zero attached hydrogens (tertiary/aromatic N) is 5. The van der Waals surface area contributed by atoms with Crippen LogP contribution in [0.2, 0.25) is 5.02 Å². The van der Waals surface area contributed by atoms with Crippen molar-refractivity contribution >= 4 is 63.9 Å². The number of benzene rings is 4. The first-order chi connectivity index (χ1) is 32.5. The van der Waals surface area contributed by atoms with Crippen LogP contribution in [0, 0.1) is 22.6 Å². The molecule has 7 rings (SSSR count). The fourth-order valence-electron chi connectivity index (χ4n) is 8.23. The molecule has 0 radical (unpaired) electrons. The van der Waals surface area contributed by atoms with Crippen LogP contribution in [0.15, 0.2) is 102 Å². The van der Waals surface area contributed by atoms with Crippen molar-refractivity contribution in [2.24, 2.45) is 5.41 Å². The van der Waals surface area contributed by atoms with Gasteiger partial charge in [-0.25, -0.2) is 9.37 Å². The molecule has 4 aromatic carbocycles. The molecule has 2 atom stereocenters. The van der Waals surface area contributed by atoms with Gasteiger partial charge in [0.2, 0.25) is 17.7 Å². The number of ether oxygens (including phenoxy) is 2. The van der Waals surface area contributed by atoms with Gasteiger partial charge in [-0.15, -0.1) is 0 Å². The van der Waals surface area contributed by atoms with Gasteiger partial charge < -0.3 is 34.3 Å². The molecule has 0 bridgehead atoms. The second-order valence-electron chi connectivity index (χ2n) is 18.2. The van der Waals surface area contributed by atoms with Crippen LogP contribution in [0.5, 0.6) is 5.75 Å². The Morgan fingerprint density at radius 2 is 1.71 bits per heavy atom. The number of aromatic nitrogens is 1. The summed E-state index contributed by atoms with van der Waals surface area (Å²) >= 11 is 12.0. The number of hydrogen-bond donors (Lipinski definition) is 2. The lowest BCUT2D eigenvalue weighted by Crippen LogP contribution is -2.58. The maximum Gasteiger partial charge on any atom is 0.259 e. The van der Waals surface area contributed by atoms with Crippen molar-refractivity contribution in [3.05, 3.63) is 119 Å². The molecule has 3 heterocycles. The lowest BCUT2D eigenvalue weighted by atomic mass is 9.85. The van der Waals surface area contributed by atoms with Crippen LogP contribution in [0.25, 0.3) is 22.5 Å². The summed E-state index contributed by atoms with van der Waals surface area (Å²) in [5, 5.41) is 15.4. The molecule has 4 amide bonds. The zero-order valence-electron chi connectivity index (χ0n) is 38.5. The van der Waals surface area contributed by atoms with E-state index in [0.717, 1.165) is 11.1 Å². The van der Waals surface area contributed by atoms with Gasteiger partial charge in [0.1, 0.15) is 41.9 Å². The van der Waals surface area contributed by atoms with Crippen LogP contribution in [0.4, 0.5) is 15.8 Å². The van der Waals surface area contributed by atoms with Gasteiger partial charge in [0.25, 0.3) is 5.91 Å². The lowest BCUT2D eigenvalue weighted by molar-refractivity contribution is -0.144. The molecule has 5 aromatic rings. The average molecular weight is 963 g/mol. The molecule has 2 aliphatic rings. The molecular weight excluding hydrogens is 909 g/mol. The van der Waals surface area contributed by atoms with Gasteiger partial charge in [-0.2, -0.15) is 5.26 Å². The van der Waals surface area contributed by atoms with Crippen LogP contribution < -0.4 is 25.2 Å². The first-order valence-corrected chi connectivity index (χ1v) is 23.1. The molecule has 0 spiro atoms. The Morgan fingerprint density at radius 3 is 2.37 bits per heavy atom. The number of likely N-dealkylation sites (tertiary alicyclic amines) is 1. The molecule has 2 saturated heterocycles. The molecule has 0 aliphatic carbocycles. The molecule has 14 nitrogen and oxygen atoms in total. The topological polar surface area (TPSA) is 170 Å². The van der Waals surface area contributed by atoms with E-state index in [1.165, 1.54) is 29.5 Å². The molecule has 1 aromatic heterocycles. The monoisotopic (exact) mass is 961 g/mol. The van der Waals surface area contributed by atoms with Crippen molar-refractivity contribution in [1.82, 2.24) is 20.5 Å². The van der Waals surface area contributed by atoms with Crippen LogP contribution in [-0.2, 0) is 30.5 Å². The number of amides is 4. The van der Waals surface area contributed by atoms with Crippen molar-refractivity contribution in [3.8, 4) is 34.3 Å². The normalized spacial score (nSPS) is 16.1. The standard InChI is InChI=1S/C51H53ClFN7O7S/c1-50(2,3)45(47(63)58-22-8-9-42(58)46(62)56-28-32-10-12-34(13-11-32)43-29-55-31-67-43)57-44(61)30-65-23-6-7-24-66-38-19-15-33(16-20-38)39-21-18-37(26-41(39)53)60-49(68)59(48(64)51(60,4)5)36-17-14-35(27-54)40(52)25-36/h10-21,25-26,29,31,42,45H,6-9,22-24,28,30H2,1-5H3,(H,56,62)(H,57,61)/t42-,45?/m0/s1. The van der Waals surface area contributed by atoms with E-state index in [4.69, 9.17) is 37.7 Å². The minimum absolute atomic E-state index is 0.154. The summed E-state index contributed by atoms with van der Waals surface area (Å²) in [5.74, 6) is -0.552. The Hall–Kier alpha value is -6.67. The van der Waals surface area contributed by atoms with Crippen LogP contribution >= 0.6 is 23.8 Å². The highest BCUT2D eigenvalue weighted by atomic mass is 35.5. The van der Waals surface area contributed by atoms with Gasteiger partial charge in [-0.05, 0) is 117 Å². The molecule has 354 valence electrons. The third-order valence-electron chi connectivity index (χ3n) is 12.0. The number of carbonyl (C=O) groups excluding carboxylic acids is 4. The maximum absolute atomic E-state index is 15.8. The Morgan fingerprint density at radius 1 is 1.00 bits per heavy atom. The number of nitriles is 1. The van der Waals surface area contributed by atoms with Crippen molar-refractivity contribution in [2.75, 3.05) is 36.2 Å². The number of thiocarbonyl (C=S) groups is 1. The number of carbonyl (C=O) groups is 4. The second kappa shape index (κ2) is 21.1. The van der Waals surface area contributed by atoms with Crippen molar-refractivity contribution < 1.29 is 37.5 Å². The van der Waals surface area contributed by atoms with Gasteiger partial charge in [0.05, 0.1) is 29.1 Å². The van der Waals surface area contributed by atoms with Gasteiger partial charge >= 0.3 is 0 Å². The summed E-state index contributed by atoms with van der Waals surface area (Å²) in [6.07, 6.45) is 5.46. The number of hydrogen-bond acceptors (Lipinski definition) is 10. The number of rotatable bonds is 17. The zero-order valence-corrected chi connectivity index (χ0v) is 40.1. The van der Waals surface area contributed by atoms with Crippen molar-refractivity contribution in [1.29, 1.82) is 5.26 Å². The number of unbranched alkanes of at least 4 members (excludes halogenated alkanes) is 1. The largest absolute Gasteiger partial charge is 0.494 e. The minimum atomic E-state index is -1.14. The smallest absolute Gasteiger partial charge is 0.259 e. The summed E-state index contributed by atoms with van der Waals surface area (Å²) in [4.78, 5) is 62.4. The third-order valence-corrected chi connectivity index (χ3v) is 12.6. The molecule has 2 fully saturated rings. The highest BCUT2D eigenvalue weighted by Crippen LogP contribution is 2.39. The third kappa shape index (κ3) is 11.0. The summed E-state index contributed by atoms with van der Waals surface area (Å²) in [6, 6.07) is 24.4. The van der Waals surface area contributed by atoms with E-state index in [0.29, 0.717) is 86.0 Å². The SMILES string of the molecule is CC(C)(C)C(NC(=O)COCCCCOc1ccc(-c2ccc(N3C(=S)N(c4ccc(C#N)c(Cl)c4)C(=O)C3(C)C)cc2F)cc1)C(=O)N1CCC[C@H]1C(=O)NCc1ccc(-c2cnco2)cc1. The maximum atomic E-state index is 15.8. The van der Waals surface area contributed by atoms with Crippen LogP contribution in [0.3, 0.4) is 0 Å². The van der Waals surface area contributed by atoms with E-state index in [-0.39, 0.29) is 40.0 Å². The highest BCUT2D eigenvalue weighted by Gasteiger charge is 2.50. The van der Waals surface area contributed by atoms with E-state index in [1.54, 1.807) is 72.3 Å². The predicted octanol–water partition coefficient (Wildman–Crippen LogP) is 8.60. The number of halogens is 2. The van der Waals surface area contributed by atoms with Gasteiger partial charge in [-0.3, -0.25) is 24.1 Å². The second-order valence-corrected chi connectivity index (χ2v) is 19.0. The van der Waals surface area contributed by atoms with Gasteiger partial charge in [0, 0.05) is 36.5 Å². The molecule has 1 unspecified atom stereocenters. The summed E-state index contributed by atoms with van der Waals surface area (Å²) in [5.41, 5.74) is 2.06. The fourth-order valence-corrected chi connectivity index (χ4v) is 8.97. The Labute approximate surface area is 405 Å². The number of anilines is 2. The van der Waals surface area contributed by atoms with Crippen molar-refractivity contribution in [2.45, 2.75) is 84.5 Å². The van der Waals surface area contributed by atoms with Crippen LogP contribution in [-0.4, -0.2) is 82.6 Å². The van der Waals surface area contributed by atoms with E-state index in [2.05, 4.69) is 15.6 Å². The summed E-state index contributed by atoms with van der Waals surface area (Å²) < 4.78 is 32.7. The summed E-state index contributed by atoms with van der Waals surface area (Å²) in [7, 11) is 0. The molecular formula is C51H53ClFN7O7S. The fraction of sp³-hybridized carbons (Fsp3) is 0.353. The molecule has 68 heavy (non-hydrogen) atoms. The quantitative estimate of drug-likeness (QED) is 0.0676. The molecule has 2 aliphatic heterocycles.